The lowest BCUT2D eigenvalue weighted by Crippen LogP contribution is -2.24. The number of fused-ring (bicyclic) bond motifs is 1. The number of Topliss-reactive ketones (excluding diaryl/α,β-unsaturated/α-hetero) is 1. The first-order chi connectivity index (χ1) is 6.74. The van der Waals surface area contributed by atoms with E-state index in [1.807, 2.05) is 0 Å². The van der Waals surface area contributed by atoms with Crippen LogP contribution in [0.5, 0.6) is 0 Å². The number of rotatable bonds is 1. The SMILES string of the molecule is CNC1=CC(=O)c2ccncc2C1=O. The monoisotopic (exact) mass is 188 g/mol. The van der Waals surface area contributed by atoms with E-state index in [1.165, 1.54) is 18.5 Å². The summed E-state index contributed by atoms with van der Waals surface area (Å²) >= 11 is 0. The molecule has 1 N–H and O–H groups in total. The Hall–Kier alpha value is -1.97. The van der Waals surface area contributed by atoms with Gasteiger partial charge in [0.25, 0.3) is 0 Å². The zero-order chi connectivity index (χ0) is 10.1. The topological polar surface area (TPSA) is 59.1 Å². The number of likely N-dealkylation sites (N-methyl/N-ethyl adjacent to an activating group) is 1. The Morgan fingerprint density at radius 2 is 2.07 bits per heavy atom. The predicted octanol–water partition coefficient (Wildman–Crippen LogP) is 0.564. The molecule has 0 radical (unpaired) electrons. The molecule has 4 heteroatoms. The van der Waals surface area contributed by atoms with Gasteiger partial charge < -0.3 is 5.32 Å². The highest BCUT2D eigenvalue weighted by Gasteiger charge is 2.24. The quantitative estimate of drug-likeness (QED) is 0.699. The van der Waals surface area contributed by atoms with Crippen LogP contribution in [0.3, 0.4) is 0 Å². The number of hydrogen-bond acceptors (Lipinski definition) is 4. The normalized spacial score (nSPS) is 14.8. The first-order valence-corrected chi connectivity index (χ1v) is 4.16. The Morgan fingerprint density at radius 3 is 2.79 bits per heavy atom. The van der Waals surface area contributed by atoms with Crippen LogP contribution < -0.4 is 5.32 Å². The Bertz CT molecular complexity index is 449. The number of nitrogens with zero attached hydrogens (tertiary/aromatic N) is 1. The molecule has 1 heterocycles. The molecule has 0 saturated carbocycles. The van der Waals surface area contributed by atoms with Gasteiger partial charge in [-0.15, -0.1) is 0 Å². The van der Waals surface area contributed by atoms with Crippen LogP contribution in [0.25, 0.3) is 0 Å². The molecule has 1 aliphatic carbocycles. The van der Waals surface area contributed by atoms with Crippen LogP contribution in [0.2, 0.25) is 0 Å². The molecule has 0 aliphatic heterocycles. The van der Waals surface area contributed by atoms with E-state index in [-0.39, 0.29) is 11.6 Å². The Labute approximate surface area is 80.7 Å². The molecular weight excluding hydrogens is 180 g/mol. The third-order valence-electron chi connectivity index (χ3n) is 2.12. The summed E-state index contributed by atoms with van der Waals surface area (Å²) in [5.41, 5.74) is 1.10. The molecule has 0 saturated heterocycles. The maximum absolute atomic E-state index is 11.7. The molecule has 0 atom stereocenters. The van der Waals surface area contributed by atoms with Gasteiger partial charge in [0.2, 0.25) is 5.78 Å². The molecule has 4 nitrogen and oxygen atoms in total. The fourth-order valence-electron chi connectivity index (χ4n) is 1.40. The number of aromatic nitrogens is 1. The Kier molecular flexibility index (Phi) is 1.89. The molecule has 0 spiro atoms. The fraction of sp³-hybridized carbons (Fsp3) is 0.100. The van der Waals surface area contributed by atoms with Gasteiger partial charge in [-0.3, -0.25) is 14.6 Å². The summed E-state index contributed by atoms with van der Waals surface area (Å²) in [5.74, 6) is -0.346. The van der Waals surface area contributed by atoms with Gasteiger partial charge in [-0.25, -0.2) is 0 Å². The number of hydrogen-bond donors (Lipinski definition) is 1. The third-order valence-corrected chi connectivity index (χ3v) is 2.12. The van der Waals surface area contributed by atoms with Gasteiger partial charge in [-0.05, 0) is 6.07 Å². The maximum atomic E-state index is 11.7. The molecule has 1 aromatic heterocycles. The standard InChI is InChI=1S/C10H8N2O2/c1-11-8-4-9(13)6-2-3-12-5-7(6)10(8)14/h2-5,11H,1H3. The van der Waals surface area contributed by atoms with E-state index in [0.717, 1.165) is 0 Å². The number of carbonyl (C=O) groups is 2. The molecule has 0 bridgehead atoms. The molecule has 1 aromatic rings. The zero-order valence-corrected chi connectivity index (χ0v) is 7.57. The average molecular weight is 188 g/mol. The number of allylic oxidation sites excluding steroid dienone is 2. The third kappa shape index (κ3) is 1.12. The lowest BCUT2D eigenvalue weighted by atomic mass is 9.95. The highest BCUT2D eigenvalue weighted by atomic mass is 16.1. The van der Waals surface area contributed by atoms with E-state index in [4.69, 9.17) is 0 Å². The van der Waals surface area contributed by atoms with Crippen LogP contribution in [-0.4, -0.2) is 23.6 Å². The summed E-state index contributed by atoms with van der Waals surface area (Å²) < 4.78 is 0. The number of carbonyl (C=O) groups excluding carboxylic acids is 2. The second-order valence-corrected chi connectivity index (χ2v) is 2.92. The fourth-order valence-corrected chi connectivity index (χ4v) is 1.40. The first kappa shape index (κ1) is 8.62. The summed E-state index contributed by atoms with van der Waals surface area (Å²) in [4.78, 5) is 27.0. The van der Waals surface area contributed by atoms with E-state index < -0.39 is 0 Å². The average Bonchev–Trinajstić information content (AvgIpc) is 2.23. The number of pyridine rings is 1. The molecule has 1 aliphatic rings. The largest absolute Gasteiger partial charge is 0.385 e. The molecule has 70 valence electrons. The van der Waals surface area contributed by atoms with Crippen molar-refractivity contribution in [2.45, 2.75) is 0 Å². The number of nitrogens with one attached hydrogen (secondary N) is 1. The lowest BCUT2D eigenvalue weighted by Gasteiger charge is -2.13. The van der Waals surface area contributed by atoms with Crippen molar-refractivity contribution in [3.8, 4) is 0 Å². The van der Waals surface area contributed by atoms with E-state index in [9.17, 15) is 9.59 Å². The highest BCUT2D eigenvalue weighted by Crippen LogP contribution is 2.18. The van der Waals surface area contributed by atoms with Crippen molar-refractivity contribution in [2.24, 2.45) is 0 Å². The van der Waals surface area contributed by atoms with Crippen LogP contribution in [0.1, 0.15) is 20.7 Å². The van der Waals surface area contributed by atoms with Gasteiger partial charge in [0.1, 0.15) is 0 Å². The Balaban J connectivity index is 2.61. The van der Waals surface area contributed by atoms with E-state index >= 15 is 0 Å². The molecule has 2 rings (SSSR count). The highest BCUT2D eigenvalue weighted by molar-refractivity contribution is 6.24. The van der Waals surface area contributed by atoms with Gasteiger partial charge in [-0.1, -0.05) is 0 Å². The van der Waals surface area contributed by atoms with Gasteiger partial charge in [0.05, 0.1) is 11.3 Å². The van der Waals surface area contributed by atoms with Crippen LogP contribution in [0, 0.1) is 0 Å². The molecule has 0 amide bonds. The van der Waals surface area contributed by atoms with Crippen LogP contribution in [-0.2, 0) is 0 Å². The van der Waals surface area contributed by atoms with E-state index in [0.29, 0.717) is 16.8 Å². The summed E-state index contributed by atoms with van der Waals surface area (Å²) in [7, 11) is 1.61. The van der Waals surface area contributed by atoms with Crippen molar-refractivity contribution in [3.05, 3.63) is 41.4 Å². The predicted molar refractivity (Wildman–Crippen MR) is 50.0 cm³/mol. The minimum absolute atomic E-state index is 0.161. The molecule has 0 unspecified atom stereocenters. The van der Waals surface area contributed by atoms with Gasteiger partial charge in [-0.2, -0.15) is 0 Å². The summed E-state index contributed by atoms with van der Waals surface area (Å²) in [6.07, 6.45) is 4.23. The Morgan fingerprint density at radius 1 is 1.29 bits per heavy atom. The summed E-state index contributed by atoms with van der Waals surface area (Å²) in [5, 5.41) is 2.69. The van der Waals surface area contributed by atoms with Gasteiger partial charge in [0, 0.05) is 31.1 Å². The van der Waals surface area contributed by atoms with Crippen molar-refractivity contribution in [1.29, 1.82) is 0 Å². The smallest absolute Gasteiger partial charge is 0.211 e. The lowest BCUT2D eigenvalue weighted by molar-refractivity contribution is 0.0979. The van der Waals surface area contributed by atoms with Crippen LogP contribution in [0.15, 0.2) is 30.2 Å². The van der Waals surface area contributed by atoms with Crippen molar-refractivity contribution < 1.29 is 9.59 Å². The van der Waals surface area contributed by atoms with E-state index in [1.54, 1.807) is 13.1 Å². The summed E-state index contributed by atoms with van der Waals surface area (Å²) in [6, 6.07) is 1.55. The maximum Gasteiger partial charge on any atom is 0.211 e. The summed E-state index contributed by atoms with van der Waals surface area (Å²) in [6.45, 7) is 0. The molecule has 0 fully saturated rings. The minimum atomic E-state index is -0.185. The molecular formula is C10H8N2O2. The molecule has 14 heavy (non-hydrogen) atoms. The number of ketones is 2. The minimum Gasteiger partial charge on any atom is -0.385 e. The van der Waals surface area contributed by atoms with Gasteiger partial charge in [0.15, 0.2) is 5.78 Å². The van der Waals surface area contributed by atoms with Crippen molar-refractivity contribution in [1.82, 2.24) is 10.3 Å². The van der Waals surface area contributed by atoms with Crippen molar-refractivity contribution >= 4 is 11.6 Å². The van der Waals surface area contributed by atoms with Gasteiger partial charge >= 0.3 is 0 Å². The van der Waals surface area contributed by atoms with Crippen molar-refractivity contribution in [2.75, 3.05) is 7.05 Å². The first-order valence-electron chi connectivity index (χ1n) is 4.16. The molecule has 0 aromatic carbocycles. The van der Waals surface area contributed by atoms with E-state index in [2.05, 4.69) is 10.3 Å². The second kappa shape index (κ2) is 3.06. The second-order valence-electron chi connectivity index (χ2n) is 2.92. The van der Waals surface area contributed by atoms with Crippen molar-refractivity contribution in [3.63, 3.8) is 0 Å². The van der Waals surface area contributed by atoms with Crippen LogP contribution >= 0.6 is 0 Å². The van der Waals surface area contributed by atoms with Crippen LogP contribution in [0.4, 0.5) is 0 Å². The zero-order valence-electron chi connectivity index (χ0n) is 7.57.